The highest BCUT2D eigenvalue weighted by Crippen LogP contribution is 2.29. The number of likely N-dealkylation sites (tertiary alicyclic amines) is 1. The largest absolute Gasteiger partial charge is 0.339 e. The minimum atomic E-state index is -0.445. The molecule has 1 amide bonds. The number of piperidine rings is 1. The third-order valence-electron chi connectivity index (χ3n) is 4.65. The summed E-state index contributed by atoms with van der Waals surface area (Å²) in [6.45, 7) is 1.22. The highest BCUT2D eigenvalue weighted by molar-refractivity contribution is 6.33. The van der Waals surface area contributed by atoms with Gasteiger partial charge in [0.25, 0.3) is 5.91 Å². The normalized spacial score (nSPS) is 15.7. The van der Waals surface area contributed by atoms with Crippen LogP contribution < -0.4 is 0 Å². The van der Waals surface area contributed by atoms with Gasteiger partial charge in [0.1, 0.15) is 11.6 Å². The van der Waals surface area contributed by atoms with Gasteiger partial charge < -0.3 is 4.90 Å². The Kier molecular flexibility index (Phi) is 4.13. The summed E-state index contributed by atoms with van der Waals surface area (Å²) in [7, 11) is 0. The number of amides is 1. The van der Waals surface area contributed by atoms with Crippen molar-refractivity contribution in [2.24, 2.45) is 0 Å². The van der Waals surface area contributed by atoms with E-state index in [0.717, 1.165) is 24.3 Å². The molecule has 7 heteroatoms. The molecule has 1 aliphatic rings. The third kappa shape index (κ3) is 2.98. The molecule has 1 aliphatic heterocycles. The summed E-state index contributed by atoms with van der Waals surface area (Å²) in [5.41, 5.74) is 1.17. The van der Waals surface area contributed by atoms with Gasteiger partial charge >= 0.3 is 0 Å². The summed E-state index contributed by atoms with van der Waals surface area (Å²) < 4.78 is 15.2. The van der Waals surface area contributed by atoms with Crippen LogP contribution in [0, 0.1) is 5.82 Å². The van der Waals surface area contributed by atoms with Crippen LogP contribution in [0.25, 0.3) is 5.65 Å². The van der Waals surface area contributed by atoms with Crippen molar-refractivity contribution < 1.29 is 9.18 Å². The quantitative estimate of drug-likeness (QED) is 0.704. The van der Waals surface area contributed by atoms with Crippen LogP contribution in [-0.2, 0) is 0 Å². The molecule has 1 fully saturated rings. The number of rotatable bonds is 2. The van der Waals surface area contributed by atoms with E-state index in [2.05, 4.69) is 10.2 Å². The second-order valence-electron chi connectivity index (χ2n) is 6.18. The number of hydrogen-bond donors (Lipinski definition) is 0. The Morgan fingerprint density at radius 2 is 1.96 bits per heavy atom. The van der Waals surface area contributed by atoms with Gasteiger partial charge in [-0.05, 0) is 43.2 Å². The molecule has 0 radical (unpaired) electrons. The summed E-state index contributed by atoms with van der Waals surface area (Å²) in [6.07, 6.45) is 3.57. The highest BCUT2D eigenvalue weighted by Gasteiger charge is 2.28. The maximum absolute atomic E-state index is 13.2. The SMILES string of the molecule is O=C(c1ccc(F)cc1Cl)N1CCC(c2nnc3ccccn23)CC1. The van der Waals surface area contributed by atoms with Crippen LogP contribution >= 0.6 is 11.6 Å². The second-order valence-corrected chi connectivity index (χ2v) is 6.58. The lowest BCUT2D eigenvalue weighted by Crippen LogP contribution is -2.38. The van der Waals surface area contributed by atoms with Crippen molar-refractivity contribution in [2.75, 3.05) is 13.1 Å². The van der Waals surface area contributed by atoms with Crippen molar-refractivity contribution in [2.45, 2.75) is 18.8 Å². The lowest BCUT2D eigenvalue weighted by molar-refractivity contribution is 0.0711. The number of aromatic nitrogens is 3. The number of benzene rings is 1. The second kappa shape index (κ2) is 6.44. The zero-order valence-corrected chi connectivity index (χ0v) is 14.2. The average molecular weight is 359 g/mol. The predicted octanol–water partition coefficient (Wildman–Crippen LogP) is 3.54. The molecule has 0 saturated carbocycles. The van der Waals surface area contributed by atoms with Gasteiger partial charge in [0.2, 0.25) is 0 Å². The first-order chi connectivity index (χ1) is 12.1. The van der Waals surface area contributed by atoms with Gasteiger partial charge in [-0.3, -0.25) is 9.20 Å². The molecule has 4 rings (SSSR count). The van der Waals surface area contributed by atoms with E-state index in [1.807, 2.05) is 28.8 Å². The first-order valence-corrected chi connectivity index (χ1v) is 8.55. The van der Waals surface area contributed by atoms with Crippen molar-refractivity contribution >= 4 is 23.2 Å². The highest BCUT2D eigenvalue weighted by atomic mass is 35.5. The van der Waals surface area contributed by atoms with Crippen molar-refractivity contribution in [3.05, 3.63) is 64.8 Å². The predicted molar refractivity (Wildman–Crippen MR) is 92.3 cm³/mol. The van der Waals surface area contributed by atoms with Crippen LogP contribution in [-0.4, -0.2) is 38.5 Å². The van der Waals surface area contributed by atoms with E-state index in [0.29, 0.717) is 18.7 Å². The van der Waals surface area contributed by atoms with Gasteiger partial charge in [0, 0.05) is 25.2 Å². The molecule has 0 atom stereocenters. The zero-order chi connectivity index (χ0) is 17.4. The first kappa shape index (κ1) is 16.0. The van der Waals surface area contributed by atoms with Gasteiger partial charge in [0.15, 0.2) is 5.65 Å². The Hall–Kier alpha value is -2.47. The van der Waals surface area contributed by atoms with Gasteiger partial charge in [-0.15, -0.1) is 10.2 Å². The van der Waals surface area contributed by atoms with E-state index in [-0.39, 0.29) is 16.8 Å². The van der Waals surface area contributed by atoms with Crippen LogP contribution in [0.15, 0.2) is 42.6 Å². The molecular weight excluding hydrogens is 343 g/mol. The summed E-state index contributed by atoms with van der Waals surface area (Å²) in [5.74, 6) is 0.584. The molecule has 0 N–H and O–H groups in total. The molecular formula is C18H16ClFN4O. The molecule has 0 bridgehead atoms. The number of pyridine rings is 1. The summed E-state index contributed by atoms with van der Waals surface area (Å²) in [5, 5.41) is 8.66. The van der Waals surface area contributed by atoms with Crippen LogP contribution in [0.5, 0.6) is 0 Å². The average Bonchev–Trinajstić information content (AvgIpc) is 3.05. The summed E-state index contributed by atoms with van der Waals surface area (Å²) >= 11 is 6.01. The Balaban J connectivity index is 1.49. The Labute approximate surface area is 149 Å². The van der Waals surface area contributed by atoms with Crippen molar-refractivity contribution in [3.63, 3.8) is 0 Å². The summed E-state index contributed by atoms with van der Waals surface area (Å²) in [6, 6.07) is 9.68. The molecule has 128 valence electrons. The Morgan fingerprint density at radius 1 is 1.16 bits per heavy atom. The maximum atomic E-state index is 13.2. The Morgan fingerprint density at radius 3 is 2.72 bits per heavy atom. The molecule has 3 aromatic rings. The molecule has 0 aliphatic carbocycles. The van der Waals surface area contributed by atoms with Crippen molar-refractivity contribution in [1.29, 1.82) is 0 Å². The standard InChI is InChI=1S/C18H16ClFN4O/c19-15-11-13(20)4-5-14(15)18(25)23-9-6-12(7-10-23)17-22-21-16-3-1-2-8-24(16)17/h1-5,8,11-12H,6-7,9-10H2. The van der Waals surface area contributed by atoms with Crippen molar-refractivity contribution in [1.82, 2.24) is 19.5 Å². The molecule has 25 heavy (non-hydrogen) atoms. The van der Waals surface area contributed by atoms with Crippen LogP contribution in [0.3, 0.4) is 0 Å². The molecule has 3 heterocycles. The molecule has 0 unspecified atom stereocenters. The smallest absolute Gasteiger partial charge is 0.255 e. The molecule has 5 nitrogen and oxygen atoms in total. The van der Waals surface area contributed by atoms with E-state index in [9.17, 15) is 9.18 Å². The number of carbonyl (C=O) groups is 1. The van der Waals surface area contributed by atoms with E-state index >= 15 is 0 Å². The van der Waals surface area contributed by atoms with Crippen LogP contribution in [0.4, 0.5) is 4.39 Å². The van der Waals surface area contributed by atoms with E-state index in [4.69, 9.17) is 11.6 Å². The molecule has 1 saturated heterocycles. The van der Waals surface area contributed by atoms with Gasteiger partial charge in [-0.2, -0.15) is 0 Å². The number of halogens is 2. The minimum absolute atomic E-state index is 0.149. The van der Waals surface area contributed by atoms with Crippen LogP contribution in [0.1, 0.15) is 34.9 Å². The minimum Gasteiger partial charge on any atom is -0.339 e. The monoisotopic (exact) mass is 358 g/mol. The summed E-state index contributed by atoms with van der Waals surface area (Å²) in [4.78, 5) is 14.4. The van der Waals surface area contributed by atoms with Gasteiger partial charge in [-0.1, -0.05) is 17.7 Å². The fraction of sp³-hybridized carbons (Fsp3) is 0.278. The van der Waals surface area contributed by atoms with E-state index < -0.39 is 5.82 Å². The molecule has 0 spiro atoms. The number of carbonyl (C=O) groups excluding carboxylic acids is 1. The number of fused-ring (bicyclic) bond motifs is 1. The third-order valence-corrected chi connectivity index (χ3v) is 4.96. The maximum Gasteiger partial charge on any atom is 0.255 e. The fourth-order valence-electron chi connectivity index (χ4n) is 3.31. The van der Waals surface area contributed by atoms with Crippen molar-refractivity contribution in [3.8, 4) is 0 Å². The lowest BCUT2D eigenvalue weighted by atomic mass is 9.95. The first-order valence-electron chi connectivity index (χ1n) is 8.17. The topological polar surface area (TPSA) is 50.5 Å². The number of nitrogens with zero attached hydrogens (tertiary/aromatic N) is 4. The fourth-order valence-corrected chi connectivity index (χ4v) is 3.56. The lowest BCUT2D eigenvalue weighted by Gasteiger charge is -2.31. The Bertz CT molecular complexity index is 934. The van der Waals surface area contributed by atoms with Crippen LogP contribution in [0.2, 0.25) is 5.02 Å². The van der Waals surface area contributed by atoms with Gasteiger partial charge in [0.05, 0.1) is 10.6 Å². The van der Waals surface area contributed by atoms with E-state index in [1.165, 1.54) is 18.2 Å². The van der Waals surface area contributed by atoms with Gasteiger partial charge in [-0.25, -0.2) is 4.39 Å². The molecule has 1 aromatic carbocycles. The molecule has 2 aromatic heterocycles. The van der Waals surface area contributed by atoms with E-state index in [1.54, 1.807) is 4.90 Å². The number of hydrogen-bond acceptors (Lipinski definition) is 3. The zero-order valence-electron chi connectivity index (χ0n) is 13.4.